The summed E-state index contributed by atoms with van der Waals surface area (Å²) in [5.41, 5.74) is 4.71. The SMILES string of the molecule is Cc1c(CNc2nc(-c3cccnc3)nc3sc4c(c23)CCC4)cnn1C. The fourth-order valence-electron chi connectivity index (χ4n) is 3.64. The van der Waals surface area contributed by atoms with Gasteiger partial charge in [0, 0.05) is 47.7 Å². The Kier molecular flexibility index (Phi) is 3.89. The summed E-state index contributed by atoms with van der Waals surface area (Å²) in [7, 11) is 1.97. The molecule has 0 spiro atoms. The molecule has 27 heavy (non-hydrogen) atoms. The van der Waals surface area contributed by atoms with Gasteiger partial charge in [-0.3, -0.25) is 9.67 Å². The number of aryl methyl sites for hydroxylation is 3. The third-order valence-corrected chi connectivity index (χ3v) is 6.45. The number of fused-ring (bicyclic) bond motifs is 3. The van der Waals surface area contributed by atoms with Gasteiger partial charge in [-0.25, -0.2) is 9.97 Å². The quantitative estimate of drug-likeness (QED) is 0.585. The molecule has 4 aromatic rings. The highest BCUT2D eigenvalue weighted by Crippen LogP contribution is 2.40. The van der Waals surface area contributed by atoms with Crippen LogP contribution in [0.2, 0.25) is 0 Å². The number of anilines is 1. The molecule has 0 radical (unpaired) electrons. The van der Waals surface area contributed by atoms with Crippen LogP contribution in [0.3, 0.4) is 0 Å². The number of hydrogen-bond acceptors (Lipinski definition) is 6. The van der Waals surface area contributed by atoms with Gasteiger partial charge in [0.05, 0.1) is 11.6 Å². The number of thiophene rings is 1. The van der Waals surface area contributed by atoms with E-state index in [1.165, 1.54) is 27.8 Å². The first-order chi connectivity index (χ1) is 13.2. The van der Waals surface area contributed by atoms with E-state index >= 15 is 0 Å². The minimum absolute atomic E-state index is 0.697. The van der Waals surface area contributed by atoms with Crippen LogP contribution in [0.15, 0.2) is 30.7 Å². The largest absolute Gasteiger partial charge is 0.365 e. The van der Waals surface area contributed by atoms with Crippen molar-refractivity contribution in [3.05, 3.63) is 52.4 Å². The smallest absolute Gasteiger partial charge is 0.164 e. The molecule has 0 atom stereocenters. The zero-order valence-electron chi connectivity index (χ0n) is 15.4. The van der Waals surface area contributed by atoms with E-state index in [0.717, 1.165) is 40.6 Å². The van der Waals surface area contributed by atoms with Crippen molar-refractivity contribution in [3.63, 3.8) is 0 Å². The van der Waals surface area contributed by atoms with Crippen molar-refractivity contribution in [2.24, 2.45) is 7.05 Å². The summed E-state index contributed by atoms with van der Waals surface area (Å²) >= 11 is 1.81. The van der Waals surface area contributed by atoms with Gasteiger partial charge in [-0.05, 0) is 43.9 Å². The van der Waals surface area contributed by atoms with Crippen LogP contribution in [-0.2, 0) is 26.4 Å². The van der Waals surface area contributed by atoms with Gasteiger partial charge in [0.15, 0.2) is 5.82 Å². The second-order valence-corrected chi connectivity index (χ2v) is 7.99. The molecule has 4 aromatic heterocycles. The third kappa shape index (κ3) is 2.78. The second kappa shape index (κ2) is 6.42. The predicted molar refractivity (Wildman–Crippen MR) is 108 cm³/mol. The van der Waals surface area contributed by atoms with Gasteiger partial charge in [-0.2, -0.15) is 5.10 Å². The first-order valence-corrected chi connectivity index (χ1v) is 9.96. The maximum Gasteiger partial charge on any atom is 0.164 e. The minimum atomic E-state index is 0.697. The standard InChI is InChI=1S/C20H20N6S/c1-12-14(11-23-26(12)2)10-22-19-17-15-6-3-7-16(15)27-20(17)25-18(24-19)13-5-4-8-21-9-13/h4-5,8-9,11H,3,6-7,10H2,1-2H3,(H,22,24,25). The zero-order chi connectivity index (χ0) is 18.4. The van der Waals surface area contributed by atoms with Gasteiger partial charge in [-0.15, -0.1) is 11.3 Å². The molecular formula is C20H20N6S. The normalized spacial score (nSPS) is 13.3. The molecule has 0 aromatic carbocycles. The molecule has 0 unspecified atom stereocenters. The molecule has 1 aliphatic carbocycles. The van der Waals surface area contributed by atoms with Crippen LogP contribution in [0.5, 0.6) is 0 Å². The van der Waals surface area contributed by atoms with E-state index < -0.39 is 0 Å². The lowest BCUT2D eigenvalue weighted by Gasteiger charge is -2.10. The van der Waals surface area contributed by atoms with Crippen molar-refractivity contribution in [2.75, 3.05) is 5.32 Å². The van der Waals surface area contributed by atoms with Crippen molar-refractivity contribution in [1.82, 2.24) is 24.7 Å². The lowest BCUT2D eigenvalue weighted by molar-refractivity contribution is 0.738. The third-order valence-electron chi connectivity index (χ3n) is 5.27. The fraction of sp³-hybridized carbons (Fsp3) is 0.300. The summed E-state index contributed by atoms with van der Waals surface area (Å²) in [6.07, 6.45) is 9.00. The summed E-state index contributed by atoms with van der Waals surface area (Å²) < 4.78 is 1.90. The lowest BCUT2D eigenvalue weighted by Crippen LogP contribution is -2.05. The number of rotatable bonds is 4. The van der Waals surface area contributed by atoms with Crippen molar-refractivity contribution in [3.8, 4) is 11.4 Å². The summed E-state index contributed by atoms with van der Waals surface area (Å²) in [4.78, 5) is 16.5. The van der Waals surface area contributed by atoms with Crippen LogP contribution in [-0.4, -0.2) is 24.7 Å². The van der Waals surface area contributed by atoms with Gasteiger partial charge in [-0.1, -0.05) is 0 Å². The molecule has 0 aliphatic heterocycles. The average Bonchev–Trinajstić information content (AvgIpc) is 3.36. The number of aromatic nitrogens is 5. The summed E-state index contributed by atoms with van der Waals surface area (Å²) in [6, 6.07) is 3.92. The second-order valence-electron chi connectivity index (χ2n) is 6.91. The van der Waals surface area contributed by atoms with E-state index in [1.807, 2.05) is 47.6 Å². The Bertz CT molecular complexity index is 1130. The van der Waals surface area contributed by atoms with E-state index in [1.54, 1.807) is 6.20 Å². The molecule has 0 bridgehead atoms. The number of nitrogens with one attached hydrogen (secondary N) is 1. The van der Waals surface area contributed by atoms with E-state index in [4.69, 9.17) is 9.97 Å². The van der Waals surface area contributed by atoms with Crippen molar-refractivity contribution in [2.45, 2.75) is 32.7 Å². The molecule has 6 nitrogen and oxygen atoms in total. The highest BCUT2D eigenvalue weighted by Gasteiger charge is 2.23. The molecule has 4 heterocycles. The number of pyridine rings is 1. The first-order valence-electron chi connectivity index (χ1n) is 9.14. The molecule has 1 N–H and O–H groups in total. The monoisotopic (exact) mass is 376 g/mol. The highest BCUT2D eigenvalue weighted by atomic mass is 32.1. The summed E-state index contributed by atoms with van der Waals surface area (Å²) in [6.45, 7) is 2.78. The molecule has 136 valence electrons. The maximum atomic E-state index is 4.89. The molecule has 1 aliphatic rings. The molecule has 0 amide bonds. The molecule has 5 rings (SSSR count). The molecule has 0 saturated heterocycles. The van der Waals surface area contributed by atoms with Gasteiger partial charge < -0.3 is 5.32 Å². The van der Waals surface area contributed by atoms with Crippen LogP contribution < -0.4 is 5.32 Å². The van der Waals surface area contributed by atoms with Crippen LogP contribution in [0.4, 0.5) is 5.82 Å². The van der Waals surface area contributed by atoms with Crippen LogP contribution >= 0.6 is 11.3 Å². The number of hydrogen-bond donors (Lipinski definition) is 1. The van der Waals surface area contributed by atoms with E-state index in [0.29, 0.717) is 6.54 Å². The summed E-state index contributed by atoms with van der Waals surface area (Å²) in [5, 5.41) is 9.10. The van der Waals surface area contributed by atoms with Crippen LogP contribution in [0, 0.1) is 6.92 Å². The Morgan fingerprint density at radius 1 is 1.22 bits per heavy atom. The van der Waals surface area contributed by atoms with Gasteiger partial charge in [0.2, 0.25) is 0 Å². The Balaban J connectivity index is 1.60. The van der Waals surface area contributed by atoms with Crippen LogP contribution in [0.1, 0.15) is 28.1 Å². The predicted octanol–water partition coefficient (Wildman–Crippen LogP) is 3.90. The lowest BCUT2D eigenvalue weighted by atomic mass is 10.1. The zero-order valence-corrected chi connectivity index (χ0v) is 16.2. The average molecular weight is 376 g/mol. The van der Waals surface area contributed by atoms with Crippen molar-refractivity contribution in [1.29, 1.82) is 0 Å². The van der Waals surface area contributed by atoms with Gasteiger partial charge in [0.25, 0.3) is 0 Å². The van der Waals surface area contributed by atoms with Crippen molar-refractivity contribution < 1.29 is 0 Å². The molecule has 0 saturated carbocycles. The molecule has 7 heteroatoms. The molecular weight excluding hydrogens is 356 g/mol. The molecule has 0 fully saturated rings. The maximum absolute atomic E-state index is 4.89. The van der Waals surface area contributed by atoms with Gasteiger partial charge in [0.1, 0.15) is 10.6 Å². The minimum Gasteiger partial charge on any atom is -0.365 e. The fourth-order valence-corrected chi connectivity index (χ4v) is 4.91. The highest BCUT2D eigenvalue weighted by molar-refractivity contribution is 7.19. The Labute approximate surface area is 161 Å². The van der Waals surface area contributed by atoms with E-state index in [9.17, 15) is 0 Å². The Hall–Kier alpha value is -2.80. The first kappa shape index (κ1) is 16.4. The summed E-state index contributed by atoms with van der Waals surface area (Å²) in [5.74, 6) is 1.64. The van der Waals surface area contributed by atoms with E-state index in [2.05, 4.69) is 22.3 Å². The van der Waals surface area contributed by atoms with Crippen molar-refractivity contribution >= 4 is 27.4 Å². The topological polar surface area (TPSA) is 68.5 Å². The Morgan fingerprint density at radius 3 is 2.93 bits per heavy atom. The number of nitrogens with zero attached hydrogens (tertiary/aromatic N) is 5. The van der Waals surface area contributed by atoms with Crippen LogP contribution in [0.25, 0.3) is 21.6 Å². The van der Waals surface area contributed by atoms with E-state index in [-0.39, 0.29) is 0 Å². The Morgan fingerprint density at radius 2 is 2.15 bits per heavy atom. The van der Waals surface area contributed by atoms with Gasteiger partial charge >= 0.3 is 0 Å².